The second-order valence-corrected chi connectivity index (χ2v) is 7.04. The van der Waals surface area contributed by atoms with E-state index in [9.17, 15) is 9.00 Å². The highest BCUT2D eigenvalue weighted by molar-refractivity contribution is 7.85. The van der Waals surface area contributed by atoms with E-state index in [4.69, 9.17) is 5.73 Å². The lowest BCUT2D eigenvalue weighted by Gasteiger charge is -2.27. The Bertz CT molecular complexity index is 289. The molecule has 0 aromatic heterocycles. The third-order valence-corrected chi connectivity index (χ3v) is 4.72. The summed E-state index contributed by atoms with van der Waals surface area (Å²) < 4.78 is 11.9. The molecule has 2 unspecified atom stereocenters. The van der Waals surface area contributed by atoms with E-state index < -0.39 is 10.8 Å². The predicted octanol–water partition coefficient (Wildman–Crippen LogP) is 1.17. The maximum Gasteiger partial charge on any atom is 0.232 e. The molecule has 18 heavy (non-hydrogen) atoms. The summed E-state index contributed by atoms with van der Waals surface area (Å²) in [5.41, 5.74) is 6.10. The molecule has 0 saturated heterocycles. The van der Waals surface area contributed by atoms with Crippen LogP contribution in [-0.4, -0.2) is 33.7 Å². The van der Waals surface area contributed by atoms with Crippen molar-refractivity contribution in [2.75, 3.05) is 11.5 Å². The van der Waals surface area contributed by atoms with Crippen LogP contribution >= 0.6 is 0 Å². The smallest absolute Gasteiger partial charge is 0.232 e. The summed E-state index contributed by atoms with van der Waals surface area (Å²) in [5.74, 6) is 0.893. The second-order valence-electron chi connectivity index (χ2n) is 5.53. The largest absolute Gasteiger partial charge is 0.353 e. The average molecular weight is 274 g/mol. The van der Waals surface area contributed by atoms with Gasteiger partial charge in [0.25, 0.3) is 0 Å². The van der Waals surface area contributed by atoms with Crippen LogP contribution < -0.4 is 11.1 Å². The van der Waals surface area contributed by atoms with Gasteiger partial charge in [-0.25, -0.2) is 0 Å². The van der Waals surface area contributed by atoms with Gasteiger partial charge in [0.2, 0.25) is 5.91 Å². The van der Waals surface area contributed by atoms with Crippen molar-refractivity contribution in [3.63, 3.8) is 0 Å². The summed E-state index contributed by atoms with van der Waals surface area (Å²) in [6.07, 6.45) is 6.06. The van der Waals surface area contributed by atoms with E-state index in [0.717, 1.165) is 12.8 Å². The van der Waals surface area contributed by atoms with Gasteiger partial charge in [-0.3, -0.25) is 9.00 Å². The zero-order valence-electron chi connectivity index (χ0n) is 11.5. The minimum Gasteiger partial charge on any atom is -0.353 e. The molecule has 0 aliphatic heterocycles. The van der Waals surface area contributed by atoms with Crippen LogP contribution in [0.4, 0.5) is 0 Å². The van der Waals surface area contributed by atoms with E-state index in [1.165, 1.54) is 19.3 Å². The highest BCUT2D eigenvalue weighted by atomic mass is 32.2. The van der Waals surface area contributed by atoms with Gasteiger partial charge < -0.3 is 11.1 Å². The average Bonchev–Trinajstić information content (AvgIpc) is 2.28. The van der Waals surface area contributed by atoms with Crippen LogP contribution in [0.25, 0.3) is 0 Å². The van der Waals surface area contributed by atoms with Crippen LogP contribution in [0.15, 0.2) is 0 Å². The standard InChI is InChI=1S/C13H26N2O2S/c1-10(2)15-13(16)9-18(17)8-12(14)11-6-4-3-5-7-11/h10-12H,3-9,14H2,1-2H3,(H,15,16). The predicted molar refractivity (Wildman–Crippen MR) is 75.7 cm³/mol. The number of nitrogens with two attached hydrogens (primary N) is 1. The minimum atomic E-state index is -1.14. The Morgan fingerprint density at radius 3 is 2.50 bits per heavy atom. The fourth-order valence-electron chi connectivity index (χ4n) is 2.48. The zero-order chi connectivity index (χ0) is 13.5. The molecule has 2 atom stereocenters. The Morgan fingerprint density at radius 2 is 1.94 bits per heavy atom. The Balaban J connectivity index is 2.28. The van der Waals surface area contributed by atoms with Gasteiger partial charge in [-0.2, -0.15) is 0 Å². The molecule has 1 aliphatic rings. The third kappa shape index (κ3) is 5.96. The molecule has 4 nitrogen and oxygen atoms in total. The van der Waals surface area contributed by atoms with Gasteiger partial charge in [-0.1, -0.05) is 19.3 Å². The van der Waals surface area contributed by atoms with Crippen molar-refractivity contribution in [2.45, 2.75) is 58.0 Å². The summed E-state index contributed by atoms with van der Waals surface area (Å²) in [5, 5.41) is 2.75. The van der Waals surface area contributed by atoms with Crippen molar-refractivity contribution in [1.82, 2.24) is 5.32 Å². The normalized spacial score (nSPS) is 20.7. The summed E-state index contributed by atoms with van der Waals surface area (Å²) in [7, 11) is -1.14. The van der Waals surface area contributed by atoms with Crippen LogP contribution in [0, 0.1) is 5.92 Å². The van der Waals surface area contributed by atoms with E-state index >= 15 is 0 Å². The van der Waals surface area contributed by atoms with Gasteiger partial charge in [0, 0.05) is 28.6 Å². The molecule has 1 aliphatic carbocycles. The highest BCUT2D eigenvalue weighted by Crippen LogP contribution is 2.25. The molecule has 0 bridgehead atoms. The van der Waals surface area contributed by atoms with Gasteiger partial charge in [0.15, 0.2) is 0 Å². The lowest BCUT2D eigenvalue weighted by molar-refractivity contribution is -0.119. The van der Waals surface area contributed by atoms with Crippen LogP contribution in [0.3, 0.4) is 0 Å². The summed E-state index contributed by atoms with van der Waals surface area (Å²) >= 11 is 0. The molecule has 1 rings (SSSR count). The quantitative estimate of drug-likeness (QED) is 0.763. The van der Waals surface area contributed by atoms with Crippen molar-refractivity contribution in [3.05, 3.63) is 0 Å². The first-order valence-corrected chi connectivity index (χ1v) is 8.37. The lowest BCUT2D eigenvalue weighted by atomic mass is 9.85. The van der Waals surface area contributed by atoms with E-state index in [2.05, 4.69) is 5.32 Å². The minimum absolute atomic E-state index is 0.0158. The maximum atomic E-state index is 11.9. The fraction of sp³-hybridized carbons (Fsp3) is 0.923. The topological polar surface area (TPSA) is 72.2 Å². The SMILES string of the molecule is CC(C)NC(=O)CS(=O)CC(N)C1CCCCC1. The number of amides is 1. The molecular formula is C13H26N2O2S. The Kier molecular flexibility index (Phi) is 6.86. The van der Waals surface area contributed by atoms with E-state index in [1.807, 2.05) is 13.8 Å². The molecule has 0 radical (unpaired) electrons. The maximum absolute atomic E-state index is 11.9. The molecule has 1 amide bonds. The van der Waals surface area contributed by atoms with Crippen LogP contribution in [0.2, 0.25) is 0 Å². The molecule has 5 heteroatoms. The van der Waals surface area contributed by atoms with E-state index in [-0.39, 0.29) is 23.7 Å². The number of carbonyl (C=O) groups is 1. The van der Waals surface area contributed by atoms with Crippen molar-refractivity contribution in [2.24, 2.45) is 11.7 Å². The summed E-state index contributed by atoms with van der Waals surface area (Å²) in [4.78, 5) is 11.5. The first kappa shape index (κ1) is 15.6. The molecule has 1 saturated carbocycles. The summed E-state index contributed by atoms with van der Waals surface area (Å²) in [6.45, 7) is 3.79. The molecular weight excluding hydrogens is 248 g/mol. The van der Waals surface area contributed by atoms with Crippen LogP contribution in [0.5, 0.6) is 0 Å². The molecule has 0 spiro atoms. The fourth-order valence-corrected chi connectivity index (χ4v) is 3.68. The van der Waals surface area contributed by atoms with E-state index in [0.29, 0.717) is 11.7 Å². The third-order valence-electron chi connectivity index (χ3n) is 3.38. The zero-order valence-corrected chi connectivity index (χ0v) is 12.3. The molecule has 1 fully saturated rings. The monoisotopic (exact) mass is 274 g/mol. The number of hydrogen-bond acceptors (Lipinski definition) is 3. The van der Waals surface area contributed by atoms with Crippen LogP contribution in [-0.2, 0) is 15.6 Å². The van der Waals surface area contributed by atoms with E-state index in [1.54, 1.807) is 0 Å². The number of hydrogen-bond donors (Lipinski definition) is 2. The van der Waals surface area contributed by atoms with Gasteiger partial charge >= 0.3 is 0 Å². The number of nitrogens with one attached hydrogen (secondary N) is 1. The molecule has 0 aromatic carbocycles. The summed E-state index contributed by atoms with van der Waals surface area (Å²) in [6, 6.07) is 0.0829. The lowest BCUT2D eigenvalue weighted by Crippen LogP contribution is -2.39. The van der Waals surface area contributed by atoms with Gasteiger partial charge in [0.05, 0.1) is 0 Å². The van der Waals surface area contributed by atoms with Crippen molar-refractivity contribution < 1.29 is 9.00 Å². The Labute approximate surface area is 113 Å². The molecule has 0 aromatic rings. The first-order chi connectivity index (χ1) is 8.49. The highest BCUT2D eigenvalue weighted by Gasteiger charge is 2.22. The molecule has 3 N–H and O–H groups in total. The Hall–Kier alpha value is -0.420. The van der Waals surface area contributed by atoms with Gasteiger partial charge in [-0.05, 0) is 32.6 Å². The van der Waals surface area contributed by atoms with Crippen LogP contribution in [0.1, 0.15) is 46.0 Å². The van der Waals surface area contributed by atoms with Crippen molar-refractivity contribution in [1.29, 1.82) is 0 Å². The van der Waals surface area contributed by atoms with Gasteiger partial charge in [0.1, 0.15) is 5.75 Å². The second kappa shape index (κ2) is 7.89. The Morgan fingerprint density at radius 1 is 1.33 bits per heavy atom. The molecule has 0 heterocycles. The van der Waals surface area contributed by atoms with Gasteiger partial charge in [-0.15, -0.1) is 0 Å². The number of carbonyl (C=O) groups excluding carboxylic acids is 1. The molecule has 106 valence electrons. The van der Waals surface area contributed by atoms with Crippen molar-refractivity contribution in [3.8, 4) is 0 Å². The number of rotatable bonds is 6. The first-order valence-electron chi connectivity index (χ1n) is 6.89. The van der Waals surface area contributed by atoms with Crippen molar-refractivity contribution >= 4 is 16.7 Å².